The molecule has 1 amide bonds. The van der Waals surface area contributed by atoms with E-state index < -0.39 is 0 Å². The Morgan fingerprint density at radius 3 is 2.95 bits per heavy atom. The van der Waals surface area contributed by atoms with Gasteiger partial charge in [0.1, 0.15) is 5.75 Å². The fraction of sp³-hybridized carbons (Fsp3) is 0.333. The average Bonchev–Trinajstić information content (AvgIpc) is 3.14. The van der Waals surface area contributed by atoms with E-state index in [4.69, 9.17) is 0 Å². The Hall–Kier alpha value is -2.30. The number of nitrogens with zero attached hydrogens (tertiary/aromatic N) is 2. The Bertz CT molecular complexity index is 644. The van der Waals surface area contributed by atoms with Crippen LogP contribution in [0.3, 0.4) is 0 Å². The lowest BCUT2D eigenvalue weighted by Crippen LogP contribution is -2.17. The Kier molecular flexibility index (Phi) is 3.18. The maximum atomic E-state index is 11.5. The first-order chi connectivity index (χ1) is 9.67. The van der Waals surface area contributed by atoms with Crippen molar-refractivity contribution in [1.82, 2.24) is 15.1 Å². The molecule has 1 saturated carbocycles. The highest BCUT2D eigenvalue weighted by Gasteiger charge is 2.22. The molecule has 1 fully saturated rings. The van der Waals surface area contributed by atoms with Gasteiger partial charge in [0.05, 0.1) is 6.20 Å². The van der Waals surface area contributed by atoms with Gasteiger partial charge in [0.2, 0.25) is 0 Å². The van der Waals surface area contributed by atoms with Crippen LogP contribution in [-0.4, -0.2) is 27.8 Å². The molecular formula is C15H17N3O2. The van der Waals surface area contributed by atoms with Crippen molar-refractivity contribution in [3.8, 4) is 16.9 Å². The first kappa shape index (κ1) is 12.7. The Morgan fingerprint density at radius 2 is 2.30 bits per heavy atom. The van der Waals surface area contributed by atoms with Crippen LogP contribution in [0.15, 0.2) is 30.6 Å². The number of hydrogen-bond donors (Lipinski definition) is 2. The van der Waals surface area contributed by atoms with Crippen LogP contribution >= 0.6 is 0 Å². The molecule has 2 N–H and O–H groups in total. The molecule has 104 valence electrons. The van der Waals surface area contributed by atoms with E-state index in [1.54, 1.807) is 25.4 Å². The lowest BCUT2D eigenvalue weighted by Gasteiger charge is -2.05. The zero-order valence-corrected chi connectivity index (χ0v) is 11.3. The second-order valence-electron chi connectivity index (χ2n) is 5.21. The lowest BCUT2D eigenvalue weighted by molar-refractivity contribution is 0.0962. The predicted octanol–water partition coefficient (Wildman–Crippen LogP) is 2.03. The number of amides is 1. The van der Waals surface area contributed by atoms with Crippen LogP contribution in [0, 0.1) is 5.92 Å². The molecule has 2 aromatic rings. The third kappa shape index (κ3) is 2.52. The summed E-state index contributed by atoms with van der Waals surface area (Å²) in [5.41, 5.74) is 2.01. The minimum absolute atomic E-state index is 0.0945. The van der Waals surface area contributed by atoms with Crippen molar-refractivity contribution in [3.05, 3.63) is 36.2 Å². The van der Waals surface area contributed by atoms with Gasteiger partial charge in [0, 0.05) is 36.5 Å². The monoisotopic (exact) mass is 271 g/mol. The summed E-state index contributed by atoms with van der Waals surface area (Å²) in [6.07, 6.45) is 6.24. The van der Waals surface area contributed by atoms with E-state index in [0.29, 0.717) is 11.1 Å². The number of aromatic hydroxyl groups is 1. The molecule has 20 heavy (non-hydrogen) atoms. The predicted molar refractivity (Wildman–Crippen MR) is 75.4 cm³/mol. The number of nitrogens with one attached hydrogen (secondary N) is 1. The Labute approximate surface area is 117 Å². The molecular weight excluding hydrogens is 254 g/mol. The standard InChI is InChI=1S/C15H17N3O2/c1-16-15(20)11-4-5-13(14(19)6-11)12-7-17-18(9-12)8-10-2-3-10/h4-7,9-10,19H,2-3,8H2,1H3,(H,16,20). The first-order valence-electron chi connectivity index (χ1n) is 6.75. The van der Waals surface area contributed by atoms with Crippen LogP contribution < -0.4 is 5.32 Å². The minimum atomic E-state index is -0.212. The van der Waals surface area contributed by atoms with E-state index in [1.165, 1.54) is 18.9 Å². The fourth-order valence-electron chi connectivity index (χ4n) is 2.23. The summed E-state index contributed by atoms with van der Waals surface area (Å²) < 4.78 is 1.92. The summed E-state index contributed by atoms with van der Waals surface area (Å²) in [6, 6.07) is 4.93. The summed E-state index contributed by atoms with van der Waals surface area (Å²) in [6.45, 7) is 0.942. The number of carbonyl (C=O) groups is 1. The molecule has 0 aliphatic heterocycles. The SMILES string of the molecule is CNC(=O)c1ccc(-c2cnn(CC3CC3)c2)c(O)c1. The molecule has 5 nitrogen and oxygen atoms in total. The minimum Gasteiger partial charge on any atom is -0.507 e. The van der Waals surface area contributed by atoms with Crippen LogP contribution in [0.25, 0.3) is 11.1 Å². The molecule has 0 saturated heterocycles. The molecule has 3 rings (SSSR count). The lowest BCUT2D eigenvalue weighted by atomic mass is 10.1. The normalized spacial score (nSPS) is 14.2. The number of aromatic nitrogens is 2. The van der Waals surface area contributed by atoms with Gasteiger partial charge in [0.15, 0.2) is 0 Å². The van der Waals surface area contributed by atoms with E-state index >= 15 is 0 Å². The first-order valence-corrected chi connectivity index (χ1v) is 6.75. The summed E-state index contributed by atoms with van der Waals surface area (Å²) >= 11 is 0. The van der Waals surface area contributed by atoms with Crippen LogP contribution in [-0.2, 0) is 6.54 Å². The summed E-state index contributed by atoms with van der Waals surface area (Å²) in [4.78, 5) is 11.5. The summed E-state index contributed by atoms with van der Waals surface area (Å²) in [5, 5.41) is 16.9. The Morgan fingerprint density at radius 1 is 1.50 bits per heavy atom. The third-order valence-electron chi connectivity index (χ3n) is 3.57. The van der Waals surface area contributed by atoms with Crippen molar-refractivity contribution in [2.75, 3.05) is 7.05 Å². The molecule has 0 radical (unpaired) electrons. The van der Waals surface area contributed by atoms with Gasteiger partial charge < -0.3 is 10.4 Å². The smallest absolute Gasteiger partial charge is 0.251 e. The van der Waals surface area contributed by atoms with Crippen LogP contribution in [0.1, 0.15) is 23.2 Å². The van der Waals surface area contributed by atoms with Gasteiger partial charge in [0.25, 0.3) is 5.91 Å². The molecule has 0 atom stereocenters. The third-order valence-corrected chi connectivity index (χ3v) is 3.57. The van der Waals surface area contributed by atoms with E-state index in [2.05, 4.69) is 10.4 Å². The van der Waals surface area contributed by atoms with Crippen molar-refractivity contribution in [2.24, 2.45) is 5.92 Å². The zero-order chi connectivity index (χ0) is 14.1. The number of phenols is 1. The van der Waals surface area contributed by atoms with Crippen LogP contribution in [0.2, 0.25) is 0 Å². The van der Waals surface area contributed by atoms with Gasteiger partial charge in [-0.25, -0.2) is 0 Å². The maximum Gasteiger partial charge on any atom is 0.251 e. The number of carbonyl (C=O) groups excluding carboxylic acids is 1. The molecule has 1 aromatic carbocycles. The second-order valence-corrected chi connectivity index (χ2v) is 5.21. The van der Waals surface area contributed by atoms with E-state index in [-0.39, 0.29) is 11.7 Å². The van der Waals surface area contributed by atoms with Crippen molar-refractivity contribution in [3.63, 3.8) is 0 Å². The number of rotatable bonds is 4. The van der Waals surface area contributed by atoms with Crippen molar-refractivity contribution in [1.29, 1.82) is 0 Å². The Balaban J connectivity index is 1.85. The molecule has 5 heteroatoms. The highest BCUT2D eigenvalue weighted by molar-refractivity contribution is 5.95. The van der Waals surface area contributed by atoms with Gasteiger partial charge in [-0.15, -0.1) is 0 Å². The molecule has 0 bridgehead atoms. The van der Waals surface area contributed by atoms with Gasteiger partial charge in [-0.05, 0) is 37.0 Å². The molecule has 0 spiro atoms. The van der Waals surface area contributed by atoms with Crippen molar-refractivity contribution in [2.45, 2.75) is 19.4 Å². The number of benzene rings is 1. The van der Waals surface area contributed by atoms with Crippen molar-refractivity contribution >= 4 is 5.91 Å². The second kappa shape index (κ2) is 5.00. The molecule has 1 heterocycles. The largest absolute Gasteiger partial charge is 0.507 e. The maximum absolute atomic E-state index is 11.5. The number of hydrogen-bond acceptors (Lipinski definition) is 3. The fourth-order valence-corrected chi connectivity index (χ4v) is 2.23. The molecule has 1 aliphatic carbocycles. The molecule has 1 aliphatic rings. The van der Waals surface area contributed by atoms with Crippen molar-refractivity contribution < 1.29 is 9.90 Å². The van der Waals surface area contributed by atoms with E-state index in [9.17, 15) is 9.90 Å². The van der Waals surface area contributed by atoms with Gasteiger partial charge in [-0.3, -0.25) is 9.48 Å². The molecule has 1 aromatic heterocycles. The quantitative estimate of drug-likeness (QED) is 0.894. The summed E-state index contributed by atoms with van der Waals surface area (Å²) in [7, 11) is 1.56. The molecule has 0 unspecified atom stereocenters. The van der Waals surface area contributed by atoms with Gasteiger partial charge in [-0.2, -0.15) is 5.10 Å². The van der Waals surface area contributed by atoms with E-state index in [1.807, 2.05) is 10.9 Å². The van der Waals surface area contributed by atoms with Gasteiger partial charge >= 0.3 is 0 Å². The summed E-state index contributed by atoms with van der Waals surface area (Å²) in [5.74, 6) is 0.639. The average molecular weight is 271 g/mol. The number of phenolic OH excluding ortho intramolecular Hbond substituents is 1. The van der Waals surface area contributed by atoms with Gasteiger partial charge in [-0.1, -0.05) is 0 Å². The highest BCUT2D eigenvalue weighted by Crippen LogP contribution is 2.32. The van der Waals surface area contributed by atoms with E-state index in [0.717, 1.165) is 18.0 Å². The highest BCUT2D eigenvalue weighted by atomic mass is 16.3. The zero-order valence-electron chi connectivity index (χ0n) is 11.3. The van der Waals surface area contributed by atoms with Crippen LogP contribution in [0.4, 0.5) is 0 Å². The topological polar surface area (TPSA) is 67.2 Å². The van der Waals surface area contributed by atoms with Crippen LogP contribution in [0.5, 0.6) is 5.75 Å².